The molecule has 12 heteroatoms. The fourth-order valence-corrected chi connectivity index (χ4v) is 13.4. The normalized spacial score (nSPS) is 56.6. The third-order valence-corrected chi connectivity index (χ3v) is 17.1. The Morgan fingerprint density at radius 3 is 2.13 bits per heavy atom. The van der Waals surface area contributed by atoms with Gasteiger partial charge in [0.05, 0.1) is 32.0 Å². The van der Waals surface area contributed by atoms with Crippen molar-refractivity contribution in [3.05, 3.63) is 11.6 Å². The summed E-state index contributed by atoms with van der Waals surface area (Å²) >= 11 is 0. The van der Waals surface area contributed by atoms with Gasteiger partial charge in [0, 0.05) is 10.8 Å². The predicted octanol–water partition coefficient (Wildman–Crippen LogP) is 2.40. The van der Waals surface area contributed by atoms with Gasteiger partial charge >= 0.3 is 0 Å². The maximum absolute atomic E-state index is 11.2. The quantitative estimate of drug-likeness (QED) is 0.185. The molecule has 0 aromatic carbocycles. The number of aliphatic hydroxyl groups excluding tert-OH is 8. The molecule has 7 rings (SSSR count). The predicted molar refractivity (Wildman–Crippen MR) is 193 cm³/mol. The summed E-state index contributed by atoms with van der Waals surface area (Å²) in [6, 6.07) is 0. The van der Waals surface area contributed by atoms with Crippen LogP contribution < -0.4 is 0 Å². The molecule has 0 amide bonds. The lowest BCUT2D eigenvalue weighted by atomic mass is 9.33. The standard InChI is InChI=1S/C41H68O12/c1-36(2)16-22-21-8-9-26-38(4)12-11-27(45)39(5,20-43)25(38)10-13-41(26,7)40(21,6)15-14-37(22,3)28(17-36)52-35-33(29(46)23(44)19-50-35)53-34-32(49)31(48)30(47)24(18-42)51-34/h8,22-35,42-49H,9-20H2,1-7H3/t22-,23-,24+,25+,26+,27-,28+,29-,30+,31-,32+,33+,34-,35-,37+,38-,39+,40+,41+/m0/s1. The van der Waals surface area contributed by atoms with Crippen LogP contribution in [0.4, 0.5) is 0 Å². The second-order valence-electron chi connectivity index (χ2n) is 20.3. The zero-order valence-electron chi connectivity index (χ0n) is 32.9. The lowest BCUT2D eigenvalue weighted by molar-refractivity contribution is -0.367. The van der Waals surface area contributed by atoms with Crippen molar-refractivity contribution < 1.29 is 59.8 Å². The minimum absolute atomic E-state index is 0.00221. The van der Waals surface area contributed by atoms with Gasteiger partial charge in [0.2, 0.25) is 0 Å². The van der Waals surface area contributed by atoms with Crippen molar-refractivity contribution in [1.82, 2.24) is 0 Å². The van der Waals surface area contributed by atoms with Crippen molar-refractivity contribution in [2.24, 2.45) is 50.2 Å². The molecule has 0 spiro atoms. The van der Waals surface area contributed by atoms with Gasteiger partial charge in [-0.15, -0.1) is 0 Å². The first kappa shape index (κ1) is 40.5. The van der Waals surface area contributed by atoms with Crippen molar-refractivity contribution in [3.63, 3.8) is 0 Å². The average molecular weight is 753 g/mol. The molecule has 0 unspecified atom stereocenters. The Morgan fingerprint density at radius 1 is 0.736 bits per heavy atom. The molecule has 0 aromatic rings. The summed E-state index contributed by atoms with van der Waals surface area (Å²) in [6.45, 7) is 15.6. The van der Waals surface area contributed by atoms with Gasteiger partial charge in [-0.25, -0.2) is 0 Å². The Morgan fingerprint density at radius 2 is 1.45 bits per heavy atom. The Hall–Kier alpha value is -0.740. The summed E-state index contributed by atoms with van der Waals surface area (Å²) in [5, 5.41) is 84.8. The van der Waals surface area contributed by atoms with Gasteiger partial charge < -0.3 is 59.8 Å². The summed E-state index contributed by atoms with van der Waals surface area (Å²) in [6.07, 6.45) is -2.78. The van der Waals surface area contributed by atoms with E-state index in [9.17, 15) is 40.9 Å². The van der Waals surface area contributed by atoms with Crippen LogP contribution in [-0.4, -0.2) is 128 Å². The maximum Gasteiger partial charge on any atom is 0.187 e. The van der Waals surface area contributed by atoms with E-state index in [0.717, 1.165) is 51.4 Å². The van der Waals surface area contributed by atoms with E-state index in [1.165, 1.54) is 5.57 Å². The molecule has 53 heavy (non-hydrogen) atoms. The zero-order chi connectivity index (χ0) is 38.7. The number of ether oxygens (including phenoxy) is 4. The van der Waals surface area contributed by atoms with E-state index in [-0.39, 0.29) is 58.2 Å². The van der Waals surface area contributed by atoms with E-state index in [1.807, 2.05) is 0 Å². The van der Waals surface area contributed by atoms with Crippen molar-refractivity contribution in [1.29, 1.82) is 0 Å². The lowest BCUT2D eigenvalue weighted by Crippen LogP contribution is -2.66. The summed E-state index contributed by atoms with van der Waals surface area (Å²) in [7, 11) is 0. The van der Waals surface area contributed by atoms with E-state index in [0.29, 0.717) is 12.3 Å². The van der Waals surface area contributed by atoms with Crippen molar-refractivity contribution in [2.45, 2.75) is 174 Å². The highest BCUT2D eigenvalue weighted by Crippen LogP contribution is 2.76. The summed E-state index contributed by atoms with van der Waals surface area (Å²) in [4.78, 5) is 0. The Kier molecular flexibility index (Phi) is 10.4. The minimum Gasteiger partial charge on any atom is -0.396 e. The highest BCUT2D eigenvalue weighted by molar-refractivity contribution is 5.34. The Bertz CT molecular complexity index is 1390. The topological polar surface area (TPSA) is 199 Å². The molecule has 5 aliphatic carbocycles. The Balaban J connectivity index is 1.18. The molecule has 8 N–H and O–H groups in total. The van der Waals surface area contributed by atoms with E-state index in [1.54, 1.807) is 0 Å². The van der Waals surface area contributed by atoms with Gasteiger partial charge in [-0.05, 0) is 97.2 Å². The van der Waals surface area contributed by atoms with Gasteiger partial charge in [0.1, 0.15) is 42.7 Å². The molecular weight excluding hydrogens is 684 g/mol. The van der Waals surface area contributed by atoms with Crippen LogP contribution in [0, 0.1) is 50.2 Å². The van der Waals surface area contributed by atoms with E-state index >= 15 is 0 Å². The summed E-state index contributed by atoms with van der Waals surface area (Å²) in [5.74, 6) is 0.902. The first-order valence-electron chi connectivity index (χ1n) is 20.3. The summed E-state index contributed by atoms with van der Waals surface area (Å²) < 4.78 is 24.6. The van der Waals surface area contributed by atoms with Gasteiger partial charge in [-0.3, -0.25) is 0 Å². The SMILES string of the molecule is CC1(C)C[C@@H](O[C@@H]2OC[C@H](O)[C@H](O)[C@H]2O[C@@H]2O[C@H](CO)[C@@H](O)[C@H](O)[C@H]2O)[C@]2(C)CC[C@]3(C)C(=CC[C@@H]4[C@@]5(C)CC[C@H](O)[C@](C)(CO)[C@@H]5CC[C@]43C)[C@@H]2C1. The van der Waals surface area contributed by atoms with E-state index in [4.69, 9.17) is 18.9 Å². The fraction of sp³-hybridized carbons (Fsp3) is 0.951. The van der Waals surface area contributed by atoms with Gasteiger partial charge in [-0.1, -0.05) is 60.1 Å². The second-order valence-corrected chi connectivity index (χ2v) is 20.3. The first-order chi connectivity index (χ1) is 24.7. The van der Waals surface area contributed by atoms with Crippen molar-refractivity contribution in [3.8, 4) is 0 Å². The average Bonchev–Trinajstić information content (AvgIpc) is 3.10. The van der Waals surface area contributed by atoms with Crippen LogP contribution >= 0.6 is 0 Å². The minimum atomic E-state index is -1.69. The van der Waals surface area contributed by atoms with Crippen molar-refractivity contribution in [2.75, 3.05) is 19.8 Å². The molecule has 0 radical (unpaired) electrons. The molecule has 4 saturated carbocycles. The molecule has 304 valence electrons. The van der Waals surface area contributed by atoms with Gasteiger partial charge in [0.25, 0.3) is 0 Å². The summed E-state index contributed by atoms with van der Waals surface area (Å²) in [5.41, 5.74) is 0.630. The molecule has 19 atom stereocenters. The number of aliphatic hydroxyl groups is 8. The molecule has 2 heterocycles. The zero-order valence-corrected chi connectivity index (χ0v) is 32.9. The third kappa shape index (κ3) is 5.98. The largest absolute Gasteiger partial charge is 0.396 e. The third-order valence-electron chi connectivity index (χ3n) is 17.1. The molecule has 12 nitrogen and oxygen atoms in total. The van der Waals surface area contributed by atoms with Crippen LogP contribution in [0.2, 0.25) is 0 Å². The molecule has 6 fully saturated rings. The molecule has 2 aliphatic heterocycles. The van der Waals surface area contributed by atoms with Crippen LogP contribution in [0.1, 0.15) is 106 Å². The maximum atomic E-state index is 11.2. The molecule has 0 aromatic heterocycles. The Labute approximate surface area is 314 Å². The highest BCUT2D eigenvalue weighted by Gasteiger charge is 2.69. The van der Waals surface area contributed by atoms with Crippen LogP contribution in [0.25, 0.3) is 0 Å². The number of hydrogen-bond acceptors (Lipinski definition) is 12. The molecular formula is C41H68O12. The number of allylic oxidation sites excluding steroid dienone is 2. The van der Waals surface area contributed by atoms with Gasteiger partial charge in [0.15, 0.2) is 12.6 Å². The lowest BCUT2D eigenvalue weighted by Gasteiger charge is -2.72. The highest BCUT2D eigenvalue weighted by atomic mass is 16.8. The molecule has 2 saturated heterocycles. The number of fused-ring (bicyclic) bond motifs is 7. The van der Waals surface area contributed by atoms with Crippen LogP contribution in [-0.2, 0) is 18.9 Å². The second kappa shape index (κ2) is 13.7. The fourth-order valence-electron chi connectivity index (χ4n) is 13.4. The van der Waals surface area contributed by atoms with E-state index < -0.39 is 73.4 Å². The smallest absolute Gasteiger partial charge is 0.187 e. The van der Waals surface area contributed by atoms with Crippen LogP contribution in [0.5, 0.6) is 0 Å². The number of hydrogen-bond donors (Lipinski definition) is 8. The van der Waals surface area contributed by atoms with Crippen molar-refractivity contribution >= 4 is 0 Å². The van der Waals surface area contributed by atoms with Gasteiger partial charge in [-0.2, -0.15) is 0 Å². The number of rotatable bonds is 6. The molecule has 0 bridgehead atoms. The first-order valence-corrected chi connectivity index (χ1v) is 20.3. The van der Waals surface area contributed by atoms with E-state index in [2.05, 4.69) is 54.5 Å². The van der Waals surface area contributed by atoms with Crippen LogP contribution in [0.3, 0.4) is 0 Å². The molecule has 7 aliphatic rings. The monoisotopic (exact) mass is 752 g/mol. The van der Waals surface area contributed by atoms with Crippen LogP contribution in [0.15, 0.2) is 11.6 Å².